The Morgan fingerprint density at radius 2 is 2.21 bits per heavy atom. The second kappa shape index (κ2) is 6.27. The van der Waals surface area contributed by atoms with Gasteiger partial charge < -0.3 is 10.5 Å². The number of nitrogens with two attached hydrogens (primary N) is 1. The van der Waals surface area contributed by atoms with E-state index in [0.29, 0.717) is 5.92 Å². The van der Waals surface area contributed by atoms with Crippen LogP contribution in [0.5, 0.6) is 5.75 Å². The zero-order chi connectivity index (χ0) is 13.9. The zero-order valence-corrected chi connectivity index (χ0v) is 13.5. The first kappa shape index (κ1) is 14.9. The Balaban J connectivity index is 2.16. The van der Waals surface area contributed by atoms with E-state index >= 15 is 0 Å². The monoisotopic (exact) mass is 325 g/mol. The molecule has 1 aliphatic carbocycles. The summed E-state index contributed by atoms with van der Waals surface area (Å²) >= 11 is 3.56. The van der Waals surface area contributed by atoms with E-state index in [9.17, 15) is 0 Å². The minimum absolute atomic E-state index is 0.0268. The number of ether oxygens (including phenoxy) is 1. The van der Waals surface area contributed by atoms with E-state index in [1.54, 1.807) is 7.11 Å². The fourth-order valence-corrected chi connectivity index (χ4v) is 3.97. The second-order valence-corrected chi connectivity index (χ2v) is 6.58. The van der Waals surface area contributed by atoms with E-state index in [1.165, 1.54) is 31.2 Å². The first-order valence-corrected chi connectivity index (χ1v) is 7.99. The maximum atomic E-state index is 6.72. The first-order chi connectivity index (χ1) is 9.09. The van der Waals surface area contributed by atoms with Crippen molar-refractivity contribution in [1.82, 2.24) is 0 Å². The van der Waals surface area contributed by atoms with Crippen LogP contribution in [0.1, 0.15) is 44.6 Å². The predicted molar refractivity (Wildman–Crippen MR) is 83.6 cm³/mol. The third kappa shape index (κ3) is 3.32. The molecule has 2 N–H and O–H groups in total. The number of benzene rings is 1. The van der Waals surface area contributed by atoms with Gasteiger partial charge in [0.15, 0.2) is 0 Å². The van der Waals surface area contributed by atoms with Gasteiger partial charge in [0.05, 0.1) is 11.6 Å². The van der Waals surface area contributed by atoms with E-state index in [2.05, 4.69) is 35.0 Å². The van der Waals surface area contributed by atoms with Crippen LogP contribution >= 0.6 is 15.9 Å². The minimum atomic E-state index is -0.0268. The lowest BCUT2D eigenvalue weighted by atomic mass is 9.69. The number of halogens is 1. The highest BCUT2D eigenvalue weighted by molar-refractivity contribution is 9.10. The fourth-order valence-electron chi connectivity index (χ4n) is 3.38. The number of methoxy groups -OCH3 is 1. The highest BCUT2D eigenvalue weighted by Gasteiger charge is 2.35. The molecule has 1 fully saturated rings. The molecule has 0 heterocycles. The molecule has 0 aliphatic heterocycles. The topological polar surface area (TPSA) is 35.2 Å². The van der Waals surface area contributed by atoms with E-state index in [1.807, 2.05) is 6.07 Å². The molecule has 0 aromatic heterocycles. The lowest BCUT2D eigenvalue weighted by Gasteiger charge is -2.41. The molecule has 19 heavy (non-hydrogen) atoms. The highest BCUT2D eigenvalue weighted by atomic mass is 79.9. The average molecular weight is 326 g/mol. The van der Waals surface area contributed by atoms with E-state index in [-0.39, 0.29) is 5.54 Å². The van der Waals surface area contributed by atoms with Crippen LogP contribution in [0.3, 0.4) is 0 Å². The van der Waals surface area contributed by atoms with Gasteiger partial charge in [-0.2, -0.15) is 0 Å². The Kier molecular flexibility index (Phi) is 4.91. The number of rotatable bonds is 4. The summed E-state index contributed by atoms with van der Waals surface area (Å²) in [6.07, 6.45) is 7.19. The van der Waals surface area contributed by atoms with Crippen molar-refractivity contribution in [3.63, 3.8) is 0 Å². The van der Waals surface area contributed by atoms with Crippen molar-refractivity contribution < 1.29 is 4.74 Å². The molecule has 2 unspecified atom stereocenters. The van der Waals surface area contributed by atoms with Gasteiger partial charge in [-0.3, -0.25) is 0 Å². The van der Waals surface area contributed by atoms with Crippen molar-refractivity contribution in [1.29, 1.82) is 0 Å². The Labute approximate surface area is 124 Å². The summed E-state index contributed by atoms with van der Waals surface area (Å²) in [5, 5.41) is 0. The molecule has 2 nitrogen and oxygen atoms in total. The van der Waals surface area contributed by atoms with Crippen LogP contribution in [-0.4, -0.2) is 12.6 Å². The largest absolute Gasteiger partial charge is 0.496 e. The van der Waals surface area contributed by atoms with Crippen LogP contribution in [0.15, 0.2) is 22.7 Å². The van der Waals surface area contributed by atoms with Crippen LogP contribution in [-0.2, 0) is 6.42 Å². The average Bonchev–Trinajstić information content (AvgIpc) is 2.39. The minimum Gasteiger partial charge on any atom is -0.496 e. The smallest absolute Gasteiger partial charge is 0.133 e. The Morgan fingerprint density at radius 1 is 1.42 bits per heavy atom. The molecule has 1 aromatic carbocycles. The van der Waals surface area contributed by atoms with Gasteiger partial charge >= 0.3 is 0 Å². The predicted octanol–water partition coefficient (Wildman–Crippen LogP) is 4.30. The summed E-state index contributed by atoms with van der Waals surface area (Å²) < 4.78 is 6.29. The normalized spacial score (nSPS) is 27.3. The summed E-state index contributed by atoms with van der Waals surface area (Å²) in [5.41, 5.74) is 7.99. The Hall–Kier alpha value is -0.540. The van der Waals surface area contributed by atoms with Crippen LogP contribution in [0, 0.1) is 5.92 Å². The number of hydrogen-bond acceptors (Lipinski definition) is 2. The fraction of sp³-hybridized carbons (Fsp3) is 0.625. The van der Waals surface area contributed by atoms with Gasteiger partial charge in [-0.05, 0) is 58.8 Å². The maximum Gasteiger partial charge on any atom is 0.133 e. The lowest BCUT2D eigenvalue weighted by molar-refractivity contribution is 0.182. The molecular formula is C16H24BrNO. The molecule has 2 atom stereocenters. The molecule has 0 amide bonds. The van der Waals surface area contributed by atoms with Gasteiger partial charge in [-0.1, -0.05) is 32.3 Å². The molecule has 1 aliphatic rings. The molecule has 0 saturated heterocycles. The van der Waals surface area contributed by atoms with Gasteiger partial charge in [0.25, 0.3) is 0 Å². The van der Waals surface area contributed by atoms with E-state index in [4.69, 9.17) is 10.5 Å². The second-order valence-electron chi connectivity index (χ2n) is 5.73. The van der Waals surface area contributed by atoms with Crippen LogP contribution in [0.2, 0.25) is 0 Å². The standard InChI is InChI=1S/C16H24BrNO/c1-3-13-6-4-5-9-16(13,18)11-12-7-8-15(19-2)14(17)10-12/h7-8,10,13H,3-6,9,11,18H2,1-2H3. The van der Waals surface area contributed by atoms with Crippen molar-refractivity contribution in [2.75, 3.05) is 7.11 Å². The lowest BCUT2D eigenvalue weighted by Crippen LogP contribution is -2.50. The molecule has 3 heteroatoms. The SMILES string of the molecule is CCC1CCCCC1(N)Cc1ccc(OC)c(Br)c1. The van der Waals surface area contributed by atoms with Crippen LogP contribution < -0.4 is 10.5 Å². The van der Waals surface area contributed by atoms with Crippen molar-refractivity contribution in [2.45, 2.75) is 51.0 Å². The zero-order valence-electron chi connectivity index (χ0n) is 11.9. The molecule has 2 rings (SSSR count). The summed E-state index contributed by atoms with van der Waals surface area (Å²) in [5.74, 6) is 1.53. The van der Waals surface area contributed by atoms with Crippen LogP contribution in [0.4, 0.5) is 0 Å². The molecule has 0 radical (unpaired) electrons. The van der Waals surface area contributed by atoms with Gasteiger partial charge in [0.2, 0.25) is 0 Å². The van der Waals surface area contributed by atoms with Gasteiger partial charge in [0, 0.05) is 5.54 Å². The molecule has 0 bridgehead atoms. The van der Waals surface area contributed by atoms with Gasteiger partial charge in [-0.25, -0.2) is 0 Å². The quantitative estimate of drug-likeness (QED) is 0.895. The Morgan fingerprint density at radius 3 is 2.84 bits per heavy atom. The van der Waals surface area contributed by atoms with Crippen LogP contribution in [0.25, 0.3) is 0 Å². The molecule has 1 aromatic rings. The summed E-state index contributed by atoms with van der Waals surface area (Å²) in [6, 6.07) is 6.31. The van der Waals surface area contributed by atoms with Gasteiger partial charge in [0.1, 0.15) is 5.75 Å². The first-order valence-electron chi connectivity index (χ1n) is 7.20. The van der Waals surface area contributed by atoms with Crippen molar-refractivity contribution in [3.05, 3.63) is 28.2 Å². The van der Waals surface area contributed by atoms with Crippen molar-refractivity contribution >= 4 is 15.9 Å². The maximum absolute atomic E-state index is 6.72. The molecule has 106 valence electrons. The van der Waals surface area contributed by atoms with Crippen molar-refractivity contribution in [2.24, 2.45) is 11.7 Å². The third-order valence-corrected chi connectivity index (χ3v) is 5.12. The summed E-state index contributed by atoms with van der Waals surface area (Å²) in [7, 11) is 1.69. The third-order valence-electron chi connectivity index (χ3n) is 4.50. The van der Waals surface area contributed by atoms with E-state index in [0.717, 1.165) is 23.1 Å². The molecular weight excluding hydrogens is 302 g/mol. The number of hydrogen-bond donors (Lipinski definition) is 1. The highest BCUT2D eigenvalue weighted by Crippen LogP contribution is 2.37. The molecule has 0 spiro atoms. The Bertz CT molecular complexity index is 435. The van der Waals surface area contributed by atoms with E-state index < -0.39 is 0 Å². The molecule has 1 saturated carbocycles. The summed E-state index contributed by atoms with van der Waals surface area (Å²) in [4.78, 5) is 0. The van der Waals surface area contributed by atoms with Crippen molar-refractivity contribution in [3.8, 4) is 5.75 Å². The van der Waals surface area contributed by atoms with Gasteiger partial charge in [-0.15, -0.1) is 0 Å². The summed E-state index contributed by atoms with van der Waals surface area (Å²) in [6.45, 7) is 2.27.